The summed E-state index contributed by atoms with van der Waals surface area (Å²) in [5.74, 6) is -0.135. The lowest BCUT2D eigenvalue weighted by molar-refractivity contribution is -0.137. The van der Waals surface area contributed by atoms with E-state index in [1.54, 1.807) is 20.3 Å². The van der Waals surface area contributed by atoms with E-state index in [0.29, 0.717) is 38.7 Å². The average Bonchev–Trinajstić information content (AvgIpc) is 3.01. The summed E-state index contributed by atoms with van der Waals surface area (Å²) in [6, 6.07) is 5.79. The van der Waals surface area contributed by atoms with E-state index >= 15 is 0 Å². The van der Waals surface area contributed by atoms with E-state index in [1.165, 1.54) is 0 Å². The fourth-order valence-corrected chi connectivity index (χ4v) is 4.64. The van der Waals surface area contributed by atoms with Gasteiger partial charge in [0.1, 0.15) is 5.75 Å². The molecule has 32 heavy (non-hydrogen) atoms. The fraction of sp³-hybridized carbons (Fsp3) is 0.560. The van der Waals surface area contributed by atoms with Gasteiger partial charge in [0.2, 0.25) is 0 Å². The van der Waals surface area contributed by atoms with Gasteiger partial charge in [-0.05, 0) is 54.9 Å². The van der Waals surface area contributed by atoms with Crippen LogP contribution >= 0.6 is 11.6 Å². The Morgan fingerprint density at radius 3 is 2.69 bits per heavy atom. The summed E-state index contributed by atoms with van der Waals surface area (Å²) >= 11 is 6.48. The van der Waals surface area contributed by atoms with Crippen molar-refractivity contribution in [2.45, 2.75) is 62.7 Å². The smallest absolute Gasteiger partial charge is 0.303 e. The Morgan fingerprint density at radius 1 is 1.25 bits per heavy atom. The molecule has 1 aliphatic carbocycles. The van der Waals surface area contributed by atoms with Gasteiger partial charge in [0.25, 0.3) is 0 Å². The first-order valence-electron chi connectivity index (χ1n) is 11.0. The van der Waals surface area contributed by atoms with Crippen molar-refractivity contribution < 1.29 is 29.6 Å². The standard InChI is InChI=1S/C25H35ClO6/c1-31-16-18-11-17(13-20(14-18)32-2)12-19(27)9-10-22-21(23(26)15-24(22)28)7-5-3-4-6-8-25(29)30/h3,5,9-11,13-14,19,21-24,27-28H,4,6-8,12,15-16H2,1-2H3,(H,29,30)/t19?,21-,22-,23-,24-/m1/s1. The van der Waals surface area contributed by atoms with Crippen LogP contribution in [0.1, 0.15) is 43.2 Å². The lowest BCUT2D eigenvalue weighted by Gasteiger charge is -2.19. The Morgan fingerprint density at radius 2 is 2.00 bits per heavy atom. The van der Waals surface area contributed by atoms with Crippen LogP contribution in [0.3, 0.4) is 0 Å². The van der Waals surface area contributed by atoms with Crippen molar-refractivity contribution in [1.29, 1.82) is 0 Å². The van der Waals surface area contributed by atoms with E-state index in [-0.39, 0.29) is 23.6 Å². The largest absolute Gasteiger partial charge is 0.497 e. The Bertz CT molecular complexity index is 778. The van der Waals surface area contributed by atoms with Crippen LogP contribution in [-0.2, 0) is 22.6 Å². The van der Waals surface area contributed by atoms with Crippen molar-refractivity contribution in [3.05, 3.63) is 53.6 Å². The van der Waals surface area contributed by atoms with Crippen LogP contribution in [0.4, 0.5) is 0 Å². The molecular weight excluding hydrogens is 432 g/mol. The SMILES string of the molecule is COCc1cc(CC(O)C=C[C@@H]2[C@@H](CC=CCCCC(=O)O)[C@H](Cl)C[C@H]2O)cc(OC)c1. The topological polar surface area (TPSA) is 96.2 Å². The van der Waals surface area contributed by atoms with E-state index in [4.69, 9.17) is 26.2 Å². The highest BCUT2D eigenvalue weighted by atomic mass is 35.5. The quantitative estimate of drug-likeness (QED) is 0.230. The lowest BCUT2D eigenvalue weighted by Crippen LogP contribution is -2.19. The highest BCUT2D eigenvalue weighted by Gasteiger charge is 2.39. The molecule has 0 radical (unpaired) electrons. The average molecular weight is 467 g/mol. The van der Waals surface area contributed by atoms with E-state index < -0.39 is 18.2 Å². The monoisotopic (exact) mass is 466 g/mol. The highest BCUT2D eigenvalue weighted by Crippen LogP contribution is 2.39. The second-order valence-electron chi connectivity index (χ2n) is 8.33. The molecule has 0 aliphatic heterocycles. The minimum atomic E-state index is -0.786. The minimum Gasteiger partial charge on any atom is -0.497 e. The van der Waals surface area contributed by atoms with Gasteiger partial charge in [-0.1, -0.05) is 30.4 Å². The van der Waals surface area contributed by atoms with Gasteiger partial charge in [-0.25, -0.2) is 0 Å². The van der Waals surface area contributed by atoms with Crippen molar-refractivity contribution in [3.63, 3.8) is 0 Å². The molecule has 2 rings (SSSR count). The molecule has 5 atom stereocenters. The molecule has 0 aromatic heterocycles. The molecule has 0 spiro atoms. The number of carbonyl (C=O) groups is 1. The summed E-state index contributed by atoms with van der Waals surface area (Å²) in [5.41, 5.74) is 1.92. The number of halogens is 1. The number of aliphatic carboxylic acids is 1. The zero-order chi connectivity index (χ0) is 23.5. The Kier molecular flexibility index (Phi) is 11.2. The Balaban J connectivity index is 1.96. The molecule has 1 fully saturated rings. The predicted octanol–water partition coefficient (Wildman–Crippen LogP) is 4.11. The fourth-order valence-electron chi connectivity index (χ4n) is 4.19. The van der Waals surface area contributed by atoms with Gasteiger partial charge in [-0.3, -0.25) is 4.79 Å². The molecule has 1 aliphatic rings. The maximum atomic E-state index is 10.6. The molecule has 3 N–H and O–H groups in total. The number of rotatable bonds is 13. The molecule has 1 aromatic rings. The van der Waals surface area contributed by atoms with Crippen molar-refractivity contribution in [1.82, 2.24) is 0 Å². The van der Waals surface area contributed by atoms with Crippen LogP contribution in [0.15, 0.2) is 42.5 Å². The molecule has 1 aromatic carbocycles. The maximum Gasteiger partial charge on any atom is 0.303 e. The highest BCUT2D eigenvalue weighted by molar-refractivity contribution is 6.21. The zero-order valence-corrected chi connectivity index (χ0v) is 19.6. The van der Waals surface area contributed by atoms with E-state index in [2.05, 4.69) is 0 Å². The summed E-state index contributed by atoms with van der Waals surface area (Å²) in [4.78, 5) is 10.6. The summed E-state index contributed by atoms with van der Waals surface area (Å²) in [6.07, 6.45) is 9.49. The lowest BCUT2D eigenvalue weighted by atomic mass is 9.90. The second-order valence-corrected chi connectivity index (χ2v) is 8.89. The molecule has 0 bridgehead atoms. The Labute approximate surface area is 195 Å². The number of benzene rings is 1. The molecular formula is C25H35ClO6. The number of aliphatic hydroxyl groups is 2. The first kappa shape index (κ1) is 26.4. The molecule has 0 saturated heterocycles. The van der Waals surface area contributed by atoms with E-state index in [1.807, 2.05) is 36.4 Å². The number of carboxylic acids is 1. The van der Waals surface area contributed by atoms with Crippen LogP contribution in [0, 0.1) is 11.8 Å². The number of ether oxygens (including phenoxy) is 2. The Hall–Kier alpha value is -1.86. The molecule has 1 unspecified atom stereocenters. The van der Waals surface area contributed by atoms with Gasteiger partial charge in [-0.15, -0.1) is 11.6 Å². The van der Waals surface area contributed by atoms with Crippen molar-refractivity contribution in [2.24, 2.45) is 11.8 Å². The third-order valence-corrected chi connectivity index (χ3v) is 6.28. The minimum absolute atomic E-state index is 0.0657. The number of carboxylic acid groups (broad SMARTS) is 1. The number of hydrogen-bond acceptors (Lipinski definition) is 5. The molecule has 7 heteroatoms. The summed E-state index contributed by atoms with van der Waals surface area (Å²) in [5, 5.41) is 29.6. The molecule has 0 amide bonds. The van der Waals surface area contributed by atoms with Gasteiger partial charge in [0.05, 0.1) is 25.9 Å². The third-order valence-electron chi connectivity index (χ3n) is 5.78. The molecule has 6 nitrogen and oxygen atoms in total. The van der Waals surface area contributed by atoms with Crippen molar-refractivity contribution in [3.8, 4) is 5.75 Å². The van der Waals surface area contributed by atoms with Gasteiger partial charge in [0, 0.05) is 31.2 Å². The number of aliphatic hydroxyl groups excluding tert-OH is 2. The molecule has 0 heterocycles. The van der Waals surface area contributed by atoms with Gasteiger partial charge >= 0.3 is 5.97 Å². The van der Waals surface area contributed by atoms with Gasteiger partial charge in [0.15, 0.2) is 0 Å². The van der Waals surface area contributed by atoms with E-state index in [0.717, 1.165) is 16.9 Å². The summed E-state index contributed by atoms with van der Waals surface area (Å²) in [6.45, 7) is 0.465. The van der Waals surface area contributed by atoms with Crippen LogP contribution in [0.25, 0.3) is 0 Å². The first-order valence-corrected chi connectivity index (χ1v) is 11.5. The second kappa shape index (κ2) is 13.6. The third kappa shape index (κ3) is 8.58. The van der Waals surface area contributed by atoms with Gasteiger partial charge in [-0.2, -0.15) is 0 Å². The molecule has 1 saturated carbocycles. The van der Waals surface area contributed by atoms with Crippen LogP contribution in [0.2, 0.25) is 0 Å². The van der Waals surface area contributed by atoms with E-state index in [9.17, 15) is 15.0 Å². The normalized spacial score (nSPS) is 24.4. The van der Waals surface area contributed by atoms with Crippen LogP contribution in [-0.4, -0.2) is 53.1 Å². The number of methoxy groups -OCH3 is 2. The van der Waals surface area contributed by atoms with Crippen LogP contribution in [0.5, 0.6) is 5.75 Å². The van der Waals surface area contributed by atoms with Gasteiger partial charge < -0.3 is 24.8 Å². The number of hydrogen-bond donors (Lipinski definition) is 3. The summed E-state index contributed by atoms with van der Waals surface area (Å²) < 4.78 is 10.5. The predicted molar refractivity (Wildman–Crippen MR) is 125 cm³/mol. The number of alkyl halides is 1. The molecule has 178 valence electrons. The van der Waals surface area contributed by atoms with Crippen LogP contribution < -0.4 is 4.74 Å². The number of allylic oxidation sites excluding steroid dienone is 2. The summed E-state index contributed by atoms with van der Waals surface area (Å²) in [7, 11) is 3.24. The zero-order valence-electron chi connectivity index (χ0n) is 18.8. The maximum absolute atomic E-state index is 10.6. The van der Waals surface area contributed by atoms with Crippen molar-refractivity contribution >= 4 is 17.6 Å². The first-order chi connectivity index (χ1) is 15.3. The van der Waals surface area contributed by atoms with Crippen molar-refractivity contribution in [2.75, 3.05) is 14.2 Å². The number of unbranched alkanes of at least 4 members (excludes halogenated alkanes) is 1.